The summed E-state index contributed by atoms with van der Waals surface area (Å²) in [4.78, 5) is 3.90. The first-order valence-corrected chi connectivity index (χ1v) is 4.13. The van der Waals surface area contributed by atoms with Crippen molar-refractivity contribution in [3.05, 3.63) is 23.9 Å². The Kier molecular flexibility index (Phi) is 3.43. The fraction of sp³-hybridized carbons (Fsp3) is 0.222. The summed E-state index contributed by atoms with van der Waals surface area (Å²) >= 11 is 5.45. The van der Waals surface area contributed by atoms with Gasteiger partial charge in [-0.25, -0.2) is 4.98 Å². The van der Waals surface area contributed by atoms with Gasteiger partial charge in [0.2, 0.25) is 0 Å². The molecule has 0 unspecified atom stereocenters. The van der Waals surface area contributed by atoms with Gasteiger partial charge in [-0.05, 0) is 12.1 Å². The summed E-state index contributed by atoms with van der Waals surface area (Å²) in [5, 5.41) is 0. The number of alkyl halides is 1. The SMILES string of the molecule is Nc1ccc(C#CCCCl)cn1. The molecule has 0 radical (unpaired) electrons. The van der Waals surface area contributed by atoms with Crippen molar-refractivity contribution in [3.8, 4) is 11.8 Å². The Hall–Kier alpha value is -1.20. The van der Waals surface area contributed by atoms with Gasteiger partial charge < -0.3 is 5.73 Å². The molecule has 2 N–H and O–H groups in total. The molecule has 1 rings (SSSR count). The average molecular weight is 181 g/mol. The van der Waals surface area contributed by atoms with E-state index in [9.17, 15) is 0 Å². The molecular formula is C9H9ClN2. The molecule has 0 amide bonds. The van der Waals surface area contributed by atoms with Crippen LogP contribution >= 0.6 is 11.6 Å². The van der Waals surface area contributed by atoms with Crippen LogP contribution in [0.25, 0.3) is 0 Å². The van der Waals surface area contributed by atoms with Crippen molar-refractivity contribution in [1.82, 2.24) is 4.98 Å². The number of anilines is 1. The van der Waals surface area contributed by atoms with E-state index in [1.807, 2.05) is 6.07 Å². The van der Waals surface area contributed by atoms with Crippen LogP contribution in [0.3, 0.4) is 0 Å². The van der Waals surface area contributed by atoms with Crippen molar-refractivity contribution in [1.29, 1.82) is 0 Å². The second kappa shape index (κ2) is 4.63. The third-order valence-electron chi connectivity index (χ3n) is 1.24. The van der Waals surface area contributed by atoms with E-state index in [1.165, 1.54) is 0 Å². The monoisotopic (exact) mass is 180 g/mol. The average Bonchev–Trinajstić information content (AvgIpc) is 2.09. The zero-order valence-electron chi connectivity index (χ0n) is 6.55. The number of pyridine rings is 1. The van der Waals surface area contributed by atoms with Crippen LogP contribution in [-0.2, 0) is 0 Å². The number of hydrogen-bond donors (Lipinski definition) is 1. The Morgan fingerprint density at radius 1 is 1.50 bits per heavy atom. The molecule has 3 heteroatoms. The Labute approximate surface area is 76.8 Å². The Morgan fingerprint density at radius 3 is 2.92 bits per heavy atom. The van der Waals surface area contributed by atoms with Crippen LogP contribution in [0.15, 0.2) is 18.3 Å². The zero-order chi connectivity index (χ0) is 8.81. The minimum absolute atomic E-state index is 0.512. The van der Waals surface area contributed by atoms with Crippen molar-refractivity contribution in [2.24, 2.45) is 0 Å². The standard InChI is InChI=1S/C9H9ClN2/c10-6-2-1-3-8-4-5-9(11)12-7-8/h4-5,7H,2,6H2,(H2,11,12). The Balaban J connectivity index is 2.66. The van der Waals surface area contributed by atoms with E-state index in [1.54, 1.807) is 12.3 Å². The summed E-state index contributed by atoms with van der Waals surface area (Å²) in [6.45, 7) is 0. The van der Waals surface area contributed by atoms with Gasteiger partial charge in [-0.1, -0.05) is 11.8 Å². The number of hydrogen-bond acceptors (Lipinski definition) is 2. The summed E-state index contributed by atoms with van der Waals surface area (Å²) in [5.41, 5.74) is 6.27. The van der Waals surface area contributed by atoms with Crippen molar-refractivity contribution in [2.45, 2.75) is 6.42 Å². The predicted octanol–water partition coefficient (Wildman–Crippen LogP) is 1.64. The fourth-order valence-electron chi connectivity index (χ4n) is 0.691. The second-order valence-corrected chi connectivity index (χ2v) is 2.59. The molecule has 0 saturated carbocycles. The molecule has 0 aromatic carbocycles. The lowest BCUT2D eigenvalue weighted by Crippen LogP contribution is -1.88. The van der Waals surface area contributed by atoms with E-state index >= 15 is 0 Å². The predicted molar refractivity (Wildman–Crippen MR) is 50.9 cm³/mol. The highest BCUT2D eigenvalue weighted by Gasteiger charge is 1.86. The highest BCUT2D eigenvalue weighted by atomic mass is 35.5. The lowest BCUT2D eigenvalue weighted by molar-refractivity contribution is 1.28. The molecule has 62 valence electrons. The zero-order valence-corrected chi connectivity index (χ0v) is 7.30. The first-order chi connectivity index (χ1) is 5.83. The van der Waals surface area contributed by atoms with Gasteiger partial charge in [0.05, 0.1) is 0 Å². The normalized spacial score (nSPS) is 8.75. The van der Waals surface area contributed by atoms with Crippen LogP contribution in [0, 0.1) is 11.8 Å². The summed E-state index contributed by atoms with van der Waals surface area (Å²) in [6.07, 6.45) is 2.35. The molecule has 0 fully saturated rings. The van der Waals surface area contributed by atoms with Crippen LogP contribution in [-0.4, -0.2) is 10.9 Å². The molecule has 1 aromatic rings. The molecule has 0 aliphatic carbocycles. The lowest BCUT2D eigenvalue weighted by atomic mass is 10.3. The van der Waals surface area contributed by atoms with Crippen molar-refractivity contribution in [3.63, 3.8) is 0 Å². The quantitative estimate of drug-likeness (QED) is 0.527. The molecule has 0 aliphatic heterocycles. The van der Waals surface area contributed by atoms with E-state index in [0.717, 1.165) is 5.56 Å². The number of nitrogens with two attached hydrogens (primary N) is 1. The molecule has 12 heavy (non-hydrogen) atoms. The van der Waals surface area contributed by atoms with Gasteiger partial charge in [-0.3, -0.25) is 0 Å². The number of halogens is 1. The number of aromatic nitrogens is 1. The van der Waals surface area contributed by atoms with Crippen molar-refractivity contribution >= 4 is 17.4 Å². The highest BCUT2D eigenvalue weighted by molar-refractivity contribution is 6.18. The third-order valence-corrected chi connectivity index (χ3v) is 1.43. The molecule has 0 spiro atoms. The van der Waals surface area contributed by atoms with E-state index in [2.05, 4.69) is 16.8 Å². The molecule has 0 bridgehead atoms. The molecular weight excluding hydrogens is 172 g/mol. The third kappa shape index (κ3) is 2.81. The van der Waals surface area contributed by atoms with E-state index in [-0.39, 0.29) is 0 Å². The molecule has 0 atom stereocenters. The maximum absolute atomic E-state index is 5.45. The molecule has 2 nitrogen and oxygen atoms in total. The minimum Gasteiger partial charge on any atom is -0.384 e. The van der Waals surface area contributed by atoms with E-state index in [0.29, 0.717) is 18.1 Å². The lowest BCUT2D eigenvalue weighted by Gasteiger charge is -1.90. The van der Waals surface area contributed by atoms with Gasteiger partial charge in [0.15, 0.2) is 0 Å². The highest BCUT2D eigenvalue weighted by Crippen LogP contribution is 1.98. The Morgan fingerprint density at radius 2 is 2.33 bits per heavy atom. The minimum atomic E-state index is 0.512. The van der Waals surface area contributed by atoms with Crippen LogP contribution in [0.1, 0.15) is 12.0 Å². The first-order valence-electron chi connectivity index (χ1n) is 3.59. The van der Waals surface area contributed by atoms with Crippen LogP contribution in [0.5, 0.6) is 0 Å². The van der Waals surface area contributed by atoms with Gasteiger partial charge in [-0.15, -0.1) is 11.6 Å². The number of nitrogen functional groups attached to an aromatic ring is 1. The Bertz CT molecular complexity index is 295. The fourth-order valence-corrected chi connectivity index (χ4v) is 0.786. The molecule has 0 saturated heterocycles. The van der Waals surface area contributed by atoms with Gasteiger partial charge in [-0.2, -0.15) is 0 Å². The van der Waals surface area contributed by atoms with Crippen LogP contribution in [0.2, 0.25) is 0 Å². The molecule has 1 aromatic heterocycles. The van der Waals surface area contributed by atoms with Crippen molar-refractivity contribution in [2.75, 3.05) is 11.6 Å². The van der Waals surface area contributed by atoms with Gasteiger partial charge >= 0.3 is 0 Å². The maximum atomic E-state index is 5.45. The molecule has 0 aliphatic rings. The smallest absolute Gasteiger partial charge is 0.123 e. The topological polar surface area (TPSA) is 38.9 Å². The summed E-state index contributed by atoms with van der Waals surface area (Å²) in [7, 11) is 0. The maximum Gasteiger partial charge on any atom is 0.123 e. The number of nitrogens with zero attached hydrogens (tertiary/aromatic N) is 1. The van der Waals surface area contributed by atoms with E-state index in [4.69, 9.17) is 17.3 Å². The largest absolute Gasteiger partial charge is 0.384 e. The first kappa shape index (κ1) is 8.89. The van der Waals surface area contributed by atoms with Gasteiger partial charge in [0.1, 0.15) is 5.82 Å². The molecule has 1 heterocycles. The summed E-state index contributed by atoms with van der Waals surface area (Å²) in [6, 6.07) is 3.56. The summed E-state index contributed by atoms with van der Waals surface area (Å²) in [5.74, 6) is 6.91. The van der Waals surface area contributed by atoms with Gasteiger partial charge in [0, 0.05) is 24.1 Å². The van der Waals surface area contributed by atoms with Crippen LogP contribution in [0.4, 0.5) is 5.82 Å². The second-order valence-electron chi connectivity index (χ2n) is 2.21. The van der Waals surface area contributed by atoms with Gasteiger partial charge in [0.25, 0.3) is 0 Å². The van der Waals surface area contributed by atoms with Crippen LogP contribution < -0.4 is 5.73 Å². The van der Waals surface area contributed by atoms with E-state index < -0.39 is 0 Å². The number of rotatable bonds is 1. The van der Waals surface area contributed by atoms with Crippen molar-refractivity contribution < 1.29 is 0 Å². The summed E-state index contributed by atoms with van der Waals surface area (Å²) < 4.78 is 0.